The van der Waals surface area contributed by atoms with Gasteiger partial charge in [0, 0.05) is 0 Å². The lowest BCUT2D eigenvalue weighted by Crippen LogP contribution is -1.98. The van der Waals surface area contributed by atoms with E-state index in [1.54, 1.807) is 0 Å². The third kappa shape index (κ3) is 0.942. The van der Waals surface area contributed by atoms with Gasteiger partial charge in [-0.05, 0) is 12.8 Å². The largest absolute Gasteiger partial charge is 0.370 e. The minimum Gasteiger partial charge on any atom is -0.370 e. The summed E-state index contributed by atoms with van der Waals surface area (Å²) in [5.41, 5.74) is 0. The molecule has 42 valence electrons. The van der Waals surface area contributed by atoms with Crippen LogP contribution in [-0.4, -0.2) is 12.2 Å². The molecule has 0 radical (unpaired) electrons. The first kappa shape index (κ1) is 5.10. The van der Waals surface area contributed by atoms with Gasteiger partial charge in [0.15, 0.2) is 0 Å². The Morgan fingerprint density at radius 1 is 1.43 bits per heavy atom. The van der Waals surface area contributed by atoms with Crippen molar-refractivity contribution in [2.24, 2.45) is 5.92 Å². The van der Waals surface area contributed by atoms with E-state index >= 15 is 0 Å². The predicted molar refractivity (Wildman–Crippen MR) is 29.2 cm³/mol. The third-order valence-corrected chi connectivity index (χ3v) is 1.41. The maximum absolute atomic E-state index is 5.18. The van der Waals surface area contributed by atoms with E-state index in [1.807, 2.05) is 0 Å². The van der Waals surface area contributed by atoms with Gasteiger partial charge in [0.2, 0.25) is 0 Å². The lowest BCUT2D eigenvalue weighted by atomic mass is 10.1. The van der Waals surface area contributed by atoms with Crippen LogP contribution in [0.5, 0.6) is 0 Å². The molecule has 7 heavy (non-hydrogen) atoms. The summed E-state index contributed by atoms with van der Waals surface area (Å²) >= 11 is 0. The van der Waals surface area contributed by atoms with Crippen molar-refractivity contribution in [3.8, 4) is 0 Å². The molecular formula is C6H12O. The predicted octanol–water partition coefficient (Wildman–Crippen LogP) is 1.43. The quantitative estimate of drug-likeness (QED) is 0.454. The first-order valence-corrected chi connectivity index (χ1v) is 2.87. The maximum atomic E-state index is 5.18. The molecule has 0 aromatic carbocycles. The van der Waals surface area contributed by atoms with Crippen LogP contribution in [0.15, 0.2) is 0 Å². The Labute approximate surface area is 44.7 Å². The van der Waals surface area contributed by atoms with Crippen molar-refractivity contribution in [2.75, 3.05) is 0 Å². The molecule has 1 fully saturated rings. The van der Waals surface area contributed by atoms with Gasteiger partial charge < -0.3 is 4.74 Å². The number of hydrogen-bond donors (Lipinski definition) is 0. The number of epoxide rings is 1. The Hall–Kier alpha value is -0.0400. The Morgan fingerprint density at radius 2 is 1.86 bits per heavy atom. The highest BCUT2D eigenvalue weighted by Crippen LogP contribution is 2.27. The highest BCUT2D eigenvalue weighted by molar-refractivity contribution is 4.82. The van der Waals surface area contributed by atoms with Gasteiger partial charge in [-0.3, -0.25) is 0 Å². The van der Waals surface area contributed by atoms with E-state index in [0.717, 1.165) is 5.92 Å². The minimum absolute atomic E-state index is 0.542. The molecule has 0 spiro atoms. The van der Waals surface area contributed by atoms with Crippen LogP contribution in [0.3, 0.4) is 0 Å². The second kappa shape index (κ2) is 1.48. The van der Waals surface area contributed by atoms with Crippen LogP contribution in [0, 0.1) is 5.92 Å². The van der Waals surface area contributed by atoms with Gasteiger partial charge in [-0.25, -0.2) is 0 Å². The molecule has 0 bridgehead atoms. The number of ether oxygens (including phenoxy) is 1. The van der Waals surface area contributed by atoms with E-state index in [0.29, 0.717) is 12.2 Å². The number of hydrogen-bond acceptors (Lipinski definition) is 1. The zero-order valence-electron chi connectivity index (χ0n) is 5.14. The van der Waals surface area contributed by atoms with E-state index < -0.39 is 0 Å². The van der Waals surface area contributed by atoms with Crippen LogP contribution < -0.4 is 0 Å². The average Bonchev–Trinajstić information content (AvgIpc) is 2.17. The molecular weight excluding hydrogens is 88.1 g/mol. The van der Waals surface area contributed by atoms with Gasteiger partial charge in [0.25, 0.3) is 0 Å². The van der Waals surface area contributed by atoms with E-state index in [2.05, 4.69) is 20.8 Å². The van der Waals surface area contributed by atoms with Gasteiger partial charge >= 0.3 is 0 Å². The van der Waals surface area contributed by atoms with Crippen LogP contribution in [-0.2, 0) is 4.74 Å². The van der Waals surface area contributed by atoms with Crippen LogP contribution in [0.1, 0.15) is 20.8 Å². The molecule has 1 aliphatic heterocycles. The molecule has 0 aromatic rings. The Bertz CT molecular complexity index is 68.6. The smallest absolute Gasteiger partial charge is 0.0861 e. The summed E-state index contributed by atoms with van der Waals surface area (Å²) < 4.78 is 5.18. The maximum Gasteiger partial charge on any atom is 0.0861 e. The molecule has 0 aromatic heterocycles. The zero-order chi connectivity index (χ0) is 5.44. The number of rotatable bonds is 1. The molecule has 0 aliphatic carbocycles. The second-order valence-corrected chi connectivity index (χ2v) is 2.55. The molecule has 1 heterocycles. The van der Waals surface area contributed by atoms with Crippen molar-refractivity contribution < 1.29 is 4.74 Å². The second-order valence-electron chi connectivity index (χ2n) is 2.55. The molecule has 1 rings (SSSR count). The minimum atomic E-state index is 0.542. The Morgan fingerprint density at radius 3 is 1.86 bits per heavy atom. The molecule has 0 amide bonds. The summed E-state index contributed by atoms with van der Waals surface area (Å²) in [4.78, 5) is 0. The van der Waals surface area contributed by atoms with Crippen molar-refractivity contribution in [3.63, 3.8) is 0 Å². The van der Waals surface area contributed by atoms with Gasteiger partial charge in [-0.1, -0.05) is 13.8 Å². The fourth-order valence-electron chi connectivity index (χ4n) is 0.902. The van der Waals surface area contributed by atoms with Crippen molar-refractivity contribution in [1.29, 1.82) is 0 Å². The summed E-state index contributed by atoms with van der Waals surface area (Å²) in [5, 5.41) is 0. The van der Waals surface area contributed by atoms with Crippen molar-refractivity contribution >= 4 is 0 Å². The summed E-state index contributed by atoms with van der Waals surface area (Å²) in [7, 11) is 0. The van der Waals surface area contributed by atoms with E-state index in [9.17, 15) is 0 Å². The van der Waals surface area contributed by atoms with Crippen molar-refractivity contribution in [2.45, 2.75) is 33.0 Å². The van der Waals surface area contributed by atoms with Crippen LogP contribution >= 0.6 is 0 Å². The van der Waals surface area contributed by atoms with Crippen LogP contribution in [0.4, 0.5) is 0 Å². The molecule has 1 saturated heterocycles. The molecule has 1 unspecified atom stereocenters. The standard InChI is InChI=1S/C6H12O/c1-4(2)6-5(3)7-6/h4-6H,1-3H3/t5-,6?/m0/s1. The summed E-state index contributed by atoms with van der Waals surface area (Å²) in [5.74, 6) is 0.718. The molecule has 0 saturated carbocycles. The SMILES string of the molecule is CC(C)C1O[C@H]1C. The van der Waals surface area contributed by atoms with Gasteiger partial charge in [0.05, 0.1) is 12.2 Å². The van der Waals surface area contributed by atoms with Gasteiger partial charge in [-0.15, -0.1) is 0 Å². The van der Waals surface area contributed by atoms with Crippen LogP contribution in [0.25, 0.3) is 0 Å². The molecule has 1 heteroatoms. The van der Waals surface area contributed by atoms with Gasteiger partial charge in [0.1, 0.15) is 0 Å². The molecule has 2 atom stereocenters. The molecule has 0 N–H and O–H groups in total. The highest BCUT2D eigenvalue weighted by atomic mass is 16.6. The Balaban J connectivity index is 2.20. The molecule has 1 nitrogen and oxygen atoms in total. The van der Waals surface area contributed by atoms with Crippen molar-refractivity contribution in [1.82, 2.24) is 0 Å². The summed E-state index contributed by atoms with van der Waals surface area (Å²) in [6.07, 6.45) is 1.11. The average molecular weight is 100 g/mol. The normalized spacial score (nSPS) is 39.4. The lowest BCUT2D eigenvalue weighted by molar-refractivity contribution is 0.339. The van der Waals surface area contributed by atoms with Gasteiger partial charge in [-0.2, -0.15) is 0 Å². The van der Waals surface area contributed by atoms with E-state index in [-0.39, 0.29) is 0 Å². The van der Waals surface area contributed by atoms with E-state index in [4.69, 9.17) is 4.74 Å². The fraction of sp³-hybridized carbons (Fsp3) is 1.00. The lowest BCUT2D eigenvalue weighted by Gasteiger charge is -1.92. The first-order valence-electron chi connectivity index (χ1n) is 2.87. The summed E-state index contributed by atoms with van der Waals surface area (Å²) in [6, 6.07) is 0. The monoisotopic (exact) mass is 100 g/mol. The summed E-state index contributed by atoms with van der Waals surface area (Å²) in [6.45, 7) is 6.49. The van der Waals surface area contributed by atoms with E-state index in [1.165, 1.54) is 0 Å². The Kier molecular flexibility index (Phi) is 1.08. The third-order valence-electron chi connectivity index (χ3n) is 1.41. The van der Waals surface area contributed by atoms with Crippen molar-refractivity contribution in [3.05, 3.63) is 0 Å². The first-order chi connectivity index (χ1) is 3.22. The molecule has 1 aliphatic rings. The highest BCUT2D eigenvalue weighted by Gasteiger charge is 2.36. The topological polar surface area (TPSA) is 12.5 Å². The fourth-order valence-corrected chi connectivity index (χ4v) is 0.902. The zero-order valence-corrected chi connectivity index (χ0v) is 5.14. The van der Waals surface area contributed by atoms with Crippen LogP contribution in [0.2, 0.25) is 0 Å².